The van der Waals surface area contributed by atoms with Crippen LogP contribution < -0.4 is 9.47 Å². The highest BCUT2D eigenvalue weighted by atomic mass is 16.5. The molecule has 0 saturated heterocycles. The quantitative estimate of drug-likeness (QED) is 0.564. The zero-order chi connectivity index (χ0) is 18.1. The molecule has 1 aromatic heterocycles. The molecule has 0 fully saturated rings. The Balaban J connectivity index is 2.36. The van der Waals surface area contributed by atoms with E-state index >= 15 is 0 Å². The lowest BCUT2D eigenvalue weighted by molar-refractivity contribution is 0.0479. The topological polar surface area (TPSA) is 57.1 Å². The van der Waals surface area contributed by atoms with Crippen molar-refractivity contribution in [3.05, 3.63) is 30.5 Å². The molecule has 0 aliphatic rings. The van der Waals surface area contributed by atoms with Crippen molar-refractivity contribution >= 4 is 0 Å². The van der Waals surface area contributed by atoms with Crippen molar-refractivity contribution in [2.45, 2.75) is 64.9 Å². The molecule has 25 heavy (non-hydrogen) atoms. The lowest BCUT2D eigenvalue weighted by atomic mass is 9.90. The molecular formula is C20H29N3O2. The fraction of sp³-hybridized carbons (Fsp3) is 0.550. The maximum atomic E-state index is 6.51. The lowest BCUT2D eigenvalue weighted by Crippen LogP contribution is -2.35. The van der Waals surface area contributed by atoms with Gasteiger partial charge in [0.1, 0.15) is 17.0 Å². The zero-order valence-electron chi connectivity index (χ0n) is 15.8. The van der Waals surface area contributed by atoms with Crippen molar-refractivity contribution in [3.63, 3.8) is 0 Å². The number of methoxy groups -OCH3 is 1. The van der Waals surface area contributed by atoms with Crippen molar-refractivity contribution in [3.8, 4) is 22.8 Å². The zero-order valence-corrected chi connectivity index (χ0v) is 15.8. The Kier molecular flexibility index (Phi) is 7.16. The van der Waals surface area contributed by atoms with E-state index in [1.165, 1.54) is 12.8 Å². The van der Waals surface area contributed by atoms with Crippen LogP contribution in [0.15, 0.2) is 30.5 Å². The summed E-state index contributed by atoms with van der Waals surface area (Å²) in [6, 6.07) is 7.77. The van der Waals surface area contributed by atoms with Crippen molar-refractivity contribution in [2.24, 2.45) is 0 Å². The fourth-order valence-electron chi connectivity index (χ4n) is 3.09. The summed E-state index contributed by atoms with van der Waals surface area (Å²) in [4.78, 5) is 0. The molecule has 5 nitrogen and oxygen atoms in total. The van der Waals surface area contributed by atoms with Crippen LogP contribution in [-0.4, -0.2) is 28.1 Å². The second kappa shape index (κ2) is 9.35. The minimum atomic E-state index is -0.198. The highest BCUT2D eigenvalue weighted by Crippen LogP contribution is 2.37. The molecule has 0 bridgehead atoms. The molecule has 2 aromatic rings. The van der Waals surface area contributed by atoms with E-state index in [9.17, 15) is 0 Å². The summed E-state index contributed by atoms with van der Waals surface area (Å²) < 4.78 is 12.0. The van der Waals surface area contributed by atoms with Gasteiger partial charge in [-0.25, -0.2) is 0 Å². The van der Waals surface area contributed by atoms with Crippen LogP contribution in [0.5, 0.6) is 11.5 Å². The van der Waals surface area contributed by atoms with E-state index in [1.54, 1.807) is 13.3 Å². The van der Waals surface area contributed by atoms with Crippen molar-refractivity contribution in [1.29, 1.82) is 0 Å². The molecule has 0 radical (unpaired) electrons. The molecule has 136 valence electrons. The van der Waals surface area contributed by atoms with Crippen LogP contribution in [0.2, 0.25) is 0 Å². The predicted molar refractivity (Wildman–Crippen MR) is 99.9 cm³/mol. The second-order valence-corrected chi connectivity index (χ2v) is 6.30. The third kappa shape index (κ3) is 4.68. The molecule has 1 aromatic carbocycles. The number of hydrogen-bond donors (Lipinski definition) is 0. The van der Waals surface area contributed by atoms with Gasteiger partial charge in [0.2, 0.25) is 0 Å². The fourth-order valence-corrected chi connectivity index (χ4v) is 3.09. The number of rotatable bonds is 10. The van der Waals surface area contributed by atoms with Gasteiger partial charge in [0, 0.05) is 5.56 Å². The van der Waals surface area contributed by atoms with Crippen LogP contribution >= 0.6 is 0 Å². The van der Waals surface area contributed by atoms with Crippen LogP contribution in [0.25, 0.3) is 11.3 Å². The van der Waals surface area contributed by atoms with E-state index in [1.807, 2.05) is 24.3 Å². The van der Waals surface area contributed by atoms with Crippen LogP contribution in [0.4, 0.5) is 0 Å². The Morgan fingerprint density at radius 1 is 1.00 bits per heavy atom. The third-order valence-electron chi connectivity index (χ3n) is 4.82. The normalized spacial score (nSPS) is 11.4. The van der Waals surface area contributed by atoms with Gasteiger partial charge in [0.05, 0.1) is 13.3 Å². The molecular weight excluding hydrogens is 314 g/mol. The number of ether oxygens (including phenoxy) is 2. The first-order valence-corrected chi connectivity index (χ1v) is 9.20. The predicted octanol–water partition coefficient (Wildman–Crippen LogP) is 5.07. The Morgan fingerprint density at radius 2 is 1.76 bits per heavy atom. The highest BCUT2D eigenvalue weighted by molar-refractivity contribution is 5.71. The average Bonchev–Trinajstić information content (AvgIpc) is 2.67. The molecule has 0 amide bonds. The summed E-state index contributed by atoms with van der Waals surface area (Å²) in [5, 5.41) is 12.0. The van der Waals surface area contributed by atoms with E-state index in [4.69, 9.17) is 9.47 Å². The molecule has 0 unspecified atom stereocenters. The monoisotopic (exact) mass is 343 g/mol. The molecule has 0 saturated carbocycles. The highest BCUT2D eigenvalue weighted by Gasteiger charge is 2.29. The summed E-state index contributed by atoms with van der Waals surface area (Å²) >= 11 is 0. The van der Waals surface area contributed by atoms with Gasteiger partial charge in [-0.3, -0.25) is 0 Å². The van der Waals surface area contributed by atoms with Gasteiger partial charge in [-0.05, 0) is 43.0 Å². The average molecular weight is 343 g/mol. The Hall–Kier alpha value is -2.17. The third-order valence-corrected chi connectivity index (χ3v) is 4.82. The molecule has 0 N–H and O–H groups in total. The van der Waals surface area contributed by atoms with Gasteiger partial charge in [0.15, 0.2) is 5.75 Å². The van der Waals surface area contributed by atoms with Gasteiger partial charge in [-0.2, -0.15) is 0 Å². The van der Waals surface area contributed by atoms with Gasteiger partial charge >= 0.3 is 0 Å². The summed E-state index contributed by atoms with van der Waals surface area (Å²) in [7, 11) is 1.65. The van der Waals surface area contributed by atoms with Gasteiger partial charge < -0.3 is 9.47 Å². The van der Waals surface area contributed by atoms with Crippen molar-refractivity contribution in [1.82, 2.24) is 15.4 Å². The summed E-state index contributed by atoms with van der Waals surface area (Å²) in [6.45, 7) is 6.58. The van der Waals surface area contributed by atoms with E-state index in [0.717, 1.165) is 37.0 Å². The summed E-state index contributed by atoms with van der Waals surface area (Å²) in [5.74, 6) is 1.41. The number of nitrogens with zero attached hydrogens (tertiary/aromatic N) is 3. The van der Waals surface area contributed by atoms with E-state index in [2.05, 4.69) is 36.2 Å². The van der Waals surface area contributed by atoms with Gasteiger partial charge in [0.25, 0.3) is 0 Å². The molecule has 0 aliphatic carbocycles. The van der Waals surface area contributed by atoms with Gasteiger partial charge in [-0.1, -0.05) is 45.7 Å². The first kappa shape index (κ1) is 19.2. The number of para-hydroxylation sites is 1. The van der Waals surface area contributed by atoms with E-state index in [0.29, 0.717) is 11.4 Å². The largest absolute Gasteiger partial charge is 0.496 e. The first-order chi connectivity index (χ1) is 12.2. The number of aromatic nitrogens is 3. The van der Waals surface area contributed by atoms with E-state index < -0.39 is 0 Å². The standard InChI is InChI=1S/C20H29N3O2/c1-5-8-11-14-20(6-2,7-3)25-18-15-21-23-22-19(18)16-12-9-10-13-17(16)24-4/h9-10,12-13,15H,5-8,11,14H2,1-4H3. The SMILES string of the molecule is CCCCCC(CC)(CC)Oc1cnnnc1-c1ccccc1OC. The second-order valence-electron chi connectivity index (χ2n) is 6.30. The lowest BCUT2D eigenvalue weighted by Gasteiger charge is -2.33. The van der Waals surface area contributed by atoms with Gasteiger partial charge in [-0.15, -0.1) is 10.2 Å². The maximum Gasteiger partial charge on any atom is 0.168 e. The number of unbranched alkanes of at least 4 members (excludes halogenated alkanes) is 2. The Morgan fingerprint density at radius 3 is 2.44 bits per heavy atom. The molecule has 5 heteroatoms. The maximum absolute atomic E-state index is 6.51. The summed E-state index contributed by atoms with van der Waals surface area (Å²) in [6.07, 6.45) is 8.16. The minimum Gasteiger partial charge on any atom is -0.496 e. The molecule has 0 atom stereocenters. The first-order valence-electron chi connectivity index (χ1n) is 9.20. The van der Waals surface area contributed by atoms with Crippen LogP contribution in [0.1, 0.15) is 59.3 Å². The van der Waals surface area contributed by atoms with E-state index in [-0.39, 0.29) is 5.60 Å². The number of hydrogen-bond acceptors (Lipinski definition) is 5. The van der Waals surface area contributed by atoms with Crippen LogP contribution in [0, 0.1) is 0 Å². The minimum absolute atomic E-state index is 0.198. The Bertz CT molecular complexity index is 657. The molecule has 2 rings (SSSR count). The van der Waals surface area contributed by atoms with Crippen molar-refractivity contribution in [2.75, 3.05) is 7.11 Å². The smallest absolute Gasteiger partial charge is 0.168 e. The van der Waals surface area contributed by atoms with Crippen LogP contribution in [0.3, 0.4) is 0 Å². The molecule has 0 aliphatic heterocycles. The molecule has 1 heterocycles. The molecule has 0 spiro atoms. The van der Waals surface area contributed by atoms with Crippen molar-refractivity contribution < 1.29 is 9.47 Å². The Labute approximate surface area is 150 Å². The van der Waals surface area contributed by atoms with Crippen LogP contribution in [-0.2, 0) is 0 Å². The number of benzene rings is 1. The summed E-state index contributed by atoms with van der Waals surface area (Å²) in [5.41, 5.74) is 1.34.